The molecule has 0 saturated heterocycles. The van der Waals surface area contributed by atoms with Crippen LogP contribution in [0.5, 0.6) is 0 Å². The minimum atomic E-state index is -0.113. The molecule has 3 aliphatic carbocycles. The van der Waals surface area contributed by atoms with E-state index in [9.17, 15) is 0 Å². The Hall–Kier alpha value is -0.240. The van der Waals surface area contributed by atoms with Gasteiger partial charge in [0.15, 0.2) is 0 Å². The van der Waals surface area contributed by atoms with Gasteiger partial charge in [0.05, 0.1) is 0 Å². The van der Waals surface area contributed by atoms with Crippen molar-refractivity contribution < 1.29 is 0 Å². The van der Waals surface area contributed by atoms with Crippen LogP contribution in [-0.2, 0) is 16.2 Å². The zero-order valence-corrected chi connectivity index (χ0v) is 37.3. The molecule has 0 N–H and O–H groups in total. The molecule has 0 amide bonds. The van der Waals surface area contributed by atoms with E-state index in [1.807, 2.05) is 0 Å². The van der Waals surface area contributed by atoms with Crippen LogP contribution < -0.4 is 0 Å². The smallest absolute Gasteiger partial charge is 0.0258 e. The van der Waals surface area contributed by atoms with E-state index in [0.29, 0.717) is 0 Å². The zero-order chi connectivity index (χ0) is 35.9. The van der Waals surface area contributed by atoms with Crippen LogP contribution in [-0.4, -0.2) is 34.5 Å². The van der Waals surface area contributed by atoms with Crippen LogP contribution in [0.15, 0.2) is 65.8 Å². The summed E-state index contributed by atoms with van der Waals surface area (Å²) in [7, 11) is 0. The van der Waals surface area contributed by atoms with Crippen molar-refractivity contribution >= 4 is 70.6 Å². The van der Waals surface area contributed by atoms with Crippen molar-refractivity contribution in [3.05, 3.63) is 69.8 Å². The molecule has 0 fully saturated rings. The first-order chi connectivity index (χ1) is 24.1. The van der Waals surface area contributed by atoms with E-state index in [2.05, 4.69) is 176 Å². The Bertz CT molecular complexity index is 1400. The predicted octanol–water partition coefficient (Wildman–Crippen LogP) is 15.0. The summed E-state index contributed by atoms with van der Waals surface area (Å²) in [4.78, 5) is 9.05. The summed E-state index contributed by atoms with van der Waals surface area (Å²) in [6.45, 7) is 24.7. The Morgan fingerprint density at radius 1 is 0.320 bits per heavy atom. The average Bonchev–Trinajstić information content (AvgIpc) is 3.47. The van der Waals surface area contributed by atoms with Crippen molar-refractivity contribution in [2.75, 3.05) is 34.5 Å². The third kappa shape index (κ3) is 5.75. The number of hydrogen-bond donors (Lipinski definition) is 0. The normalized spacial score (nSPS) is 25.6. The van der Waals surface area contributed by atoms with Crippen LogP contribution >= 0.6 is 70.6 Å². The molecular formula is C44H60S6. The van der Waals surface area contributed by atoms with Crippen molar-refractivity contribution in [3.63, 3.8) is 0 Å². The van der Waals surface area contributed by atoms with Crippen molar-refractivity contribution in [2.45, 2.75) is 153 Å². The van der Waals surface area contributed by atoms with Gasteiger partial charge in [-0.1, -0.05) is 69.2 Å². The maximum Gasteiger partial charge on any atom is 0.0258 e. The SMILES string of the molecule is CCCSc1cc2c(cc1SCCC)C1(C)c3cc(SCCC)c(SCCC)cc3C3(C)c4cc(SCCC)c(SCCC)cc4C2(C)C13C. The fourth-order valence-corrected chi connectivity index (χ4v) is 15.7. The lowest BCUT2D eigenvalue weighted by molar-refractivity contribution is 0.0995. The lowest BCUT2D eigenvalue weighted by Gasteiger charge is -2.49. The van der Waals surface area contributed by atoms with E-state index in [1.165, 1.54) is 102 Å². The van der Waals surface area contributed by atoms with E-state index in [0.717, 1.165) is 0 Å². The molecule has 50 heavy (non-hydrogen) atoms. The summed E-state index contributed by atoms with van der Waals surface area (Å²) in [6, 6.07) is 16.2. The summed E-state index contributed by atoms with van der Waals surface area (Å²) < 4.78 is 0. The first-order valence-electron chi connectivity index (χ1n) is 19.4. The standard InChI is InChI=1S/C44H60S6/c1-11-17-45-35-23-29-30(24-36(35)46-18-12-2)42(8)33-27-39(49-21-15-5)40(50-22-16-6)28-34(33)43(9)32-26-38(48-20-14-4)37(47-19-13-3)25-31(32)41(29,7)44(42,43)10/h23-28H,11-22H2,1-10H3. The minimum Gasteiger partial charge on any atom is -0.125 e. The van der Waals surface area contributed by atoms with Gasteiger partial charge >= 0.3 is 0 Å². The molecule has 6 heteroatoms. The van der Waals surface area contributed by atoms with E-state index in [4.69, 9.17) is 0 Å². The first kappa shape index (κ1) is 39.5. The second kappa shape index (κ2) is 15.9. The average molecular weight is 781 g/mol. The molecule has 6 rings (SSSR count). The molecule has 0 spiro atoms. The second-order valence-electron chi connectivity index (χ2n) is 15.1. The predicted molar refractivity (Wildman–Crippen MR) is 233 cm³/mol. The Kier molecular flexibility index (Phi) is 12.5. The summed E-state index contributed by atoms with van der Waals surface area (Å²) in [5.74, 6) is 7.04. The van der Waals surface area contributed by atoms with Gasteiger partial charge in [0.2, 0.25) is 0 Å². The van der Waals surface area contributed by atoms with E-state index < -0.39 is 0 Å². The topological polar surface area (TPSA) is 0 Å². The van der Waals surface area contributed by atoms with Crippen molar-refractivity contribution in [1.29, 1.82) is 0 Å². The Balaban J connectivity index is 1.73. The Morgan fingerprint density at radius 3 is 0.620 bits per heavy atom. The van der Waals surface area contributed by atoms with Crippen LogP contribution in [0.1, 0.15) is 141 Å². The van der Waals surface area contributed by atoms with Gasteiger partial charge in [-0.2, -0.15) is 0 Å². The van der Waals surface area contributed by atoms with Gasteiger partial charge < -0.3 is 0 Å². The van der Waals surface area contributed by atoms with Gasteiger partial charge in [0, 0.05) is 51.0 Å². The molecule has 3 aromatic carbocycles. The number of benzene rings is 3. The summed E-state index contributed by atoms with van der Waals surface area (Å²) >= 11 is 12.6. The van der Waals surface area contributed by atoms with Crippen LogP contribution in [0.4, 0.5) is 0 Å². The highest BCUT2D eigenvalue weighted by atomic mass is 32.2. The largest absolute Gasteiger partial charge is 0.125 e. The van der Waals surface area contributed by atoms with Crippen LogP contribution in [0.25, 0.3) is 0 Å². The minimum absolute atomic E-state index is 0.0534. The van der Waals surface area contributed by atoms with Crippen molar-refractivity contribution in [3.8, 4) is 0 Å². The molecule has 3 aromatic rings. The van der Waals surface area contributed by atoms with Crippen molar-refractivity contribution in [1.82, 2.24) is 0 Å². The fourth-order valence-electron chi connectivity index (χ4n) is 9.66. The fraction of sp³-hybridized carbons (Fsp3) is 0.591. The molecule has 0 bridgehead atoms. The van der Waals surface area contributed by atoms with Gasteiger partial charge in [0.1, 0.15) is 0 Å². The molecular weight excluding hydrogens is 721 g/mol. The molecule has 0 aliphatic heterocycles. The van der Waals surface area contributed by atoms with E-state index in [1.54, 1.807) is 33.4 Å². The van der Waals surface area contributed by atoms with Crippen molar-refractivity contribution in [2.24, 2.45) is 5.41 Å². The molecule has 0 nitrogen and oxygen atoms in total. The number of hydrogen-bond acceptors (Lipinski definition) is 6. The van der Waals surface area contributed by atoms with Gasteiger partial charge in [-0.25, -0.2) is 0 Å². The number of thioether (sulfide) groups is 6. The van der Waals surface area contributed by atoms with Gasteiger partial charge in [0.25, 0.3) is 0 Å². The molecule has 3 aliphatic rings. The highest BCUT2D eigenvalue weighted by Crippen LogP contribution is 2.83. The Labute approximate surface area is 331 Å². The third-order valence-electron chi connectivity index (χ3n) is 12.3. The summed E-state index contributed by atoms with van der Waals surface area (Å²) in [6.07, 6.45) is 7.21. The van der Waals surface area contributed by atoms with Crippen LogP contribution in [0.2, 0.25) is 0 Å². The zero-order valence-electron chi connectivity index (χ0n) is 32.4. The first-order valence-corrected chi connectivity index (χ1v) is 25.3. The monoisotopic (exact) mass is 780 g/mol. The lowest BCUT2D eigenvalue weighted by atomic mass is 9.52. The Morgan fingerprint density at radius 2 is 0.480 bits per heavy atom. The van der Waals surface area contributed by atoms with E-state index >= 15 is 0 Å². The van der Waals surface area contributed by atoms with Gasteiger partial charge in [-0.15, -0.1) is 70.6 Å². The number of fused-ring (bicyclic) bond motifs is 9. The quantitative estimate of drug-likeness (QED) is 0.117. The van der Waals surface area contributed by atoms with E-state index in [-0.39, 0.29) is 21.7 Å². The maximum atomic E-state index is 2.72. The van der Waals surface area contributed by atoms with Gasteiger partial charge in [-0.3, -0.25) is 0 Å². The summed E-state index contributed by atoms with van der Waals surface area (Å²) in [5, 5.41) is 0. The second-order valence-corrected chi connectivity index (χ2v) is 21.9. The van der Waals surface area contributed by atoms with Crippen LogP contribution in [0, 0.1) is 5.41 Å². The molecule has 0 heterocycles. The lowest BCUT2D eigenvalue weighted by Crippen LogP contribution is -2.51. The highest BCUT2D eigenvalue weighted by Gasteiger charge is 2.80. The molecule has 0 atom stereocenters. The van der Waals surface area contributed by atoms with Gasteiger partial charge in [-0.05, 0) is 143 Å². The highest BCUT2D eigenvalue weighted by molar-refractivity contribution is 8.03. The summed E-state index contributed by atoms with van der Waals surface area (Å²) in [5.41, 5.74) is 9.22. The number of rotatable bonds is 18. The maximum absolute atomic E-state index is 2.72. The van der Waals surface area contributed by atoms with Crippen LogP contribution in [0.3, 0.4) is 0 Å². The molecule has 0 radical (unpaired) electrons. The molecule has 0 aromatic heterocycles. The molecule has 272 valence electrons. The molecule has 0 unspecified atom stereocenters. The molecule has 0 saturated carbocycles. The third-order valence-corrected chi connectivity index (χ3v) is 20.2.